The molecular formula is C20H24FN3O4S. The second-order valence-electron chi connectivity index (χ2n) is 6.89. The summed E-state index contributed by atoms with van der Waals surface area (Å²) < 4.78 is 45.9. The molecule has 1 amide bonds. The first-order chi connectivity index (χ1) is 13.8. The number of carbonyl (C=O) groups is 1. The lowest BCUT2D eigenvalue weighted by Crippen LogP contribution is -2.50. The van der Waals surface area contributed by atoms with E-state index in [0.29, 0.717) is 18.8 Å². The Labute approximate surface area is 170 Å². The van der Waals surface area contributed by atoms with Crippen molar-refractivity contribution in [3.8, 4) is 5.75 Å². The second kappa shape index (κ2) is 8.89. The first kappa shape index (κ1) is 21.2. The number of hydrogen-bond acceptors (Lipinski definition) is 5. The van der Waals surface area contributed by atoms with E-state index in [1.807, 2.05) is 4.90 Å². The Balaban J connectivity index is 1.54. The number of hydrogen-bond donors (Lipinski definition) is 1. The van der Waals surface area contributed by atoms with Crippen molar-refractivity contribution in [2.45, 2.75) is 11.8 Å². The Morgan fingerprint density at radius 1 is 1.10 bits per heavy atom. The minimum atomic E-state index is -3.60. The molecule has 2 aromatic carbocycles. The van der Waals surface area contributed by atoms with Crippen molar-refractivity contribution < 1.29 is 22.3 Å². The van der Waals surface area contributed by atoms with Crippen molar-refractivity contribution in [2.24, 2.45) is 0 Å². The van der Waals surface area contributed by atoms with Crippen molar-refractivity contribution in [2.75, 3.05) is 45.2 Å². The molecule has 1 aliphatic rings. The van der Waals surface area contributed by atoms with Crippen LogP contribution in [0.5, 0.6) is 5.75 Å². The standard InChI is InChI=1S/C20H24FN3O4S/c1-15-3-8-19(18(21)13-15)22-20(25)14-23-9-11-24(12-10-23)29(26,27)17-6-4-16(28-2)5-7-17/h3-8,13H,9-12,14H2,1-2H3,(H,22,25). The molecule has 0 spiro atoms. The topological polar surface area (TPSA) is 79.0 Å². The van der Waals surface area contributed by atoms with Crippen LogP contribution in [0.25, 0.3) is 0 Å². The molecule has 0 aliphatic carbocycles. The number of sulfonamides is 1. The number of nitrogens with one attached hydrogen (secondary N) is 1. The summed E-state index contributed by atoms with van der Waals surface area (Å²) in [6, 6.07) is 10.9. The van der Waals surface area contributed by atoms with Gasteiger partial charge < -0.3 is 10.1 Å². The van der Waals surface area contributed by atoms with Crippen LogP contribution in [0.15, 0.2) is 47.4 Å². The SMILES string of the molecule is COc1ccc(S(=O)(=O)N2CCN(CC(=O)Nc3ccc(C)cc3F)CC2)cc1. The van der Waals surface area contributed by atoms with Gasteiger partial charge in [0.25, 0.3) is 0 Å². The van der Waals surface area contributed by atoms with E-state index in [0.717, 1.165) is 5.56 Å². The maximum absolute atomic E-state index is 13.9. The lowest BCUT2D eigenvalue weighted by Gasteiger charge is -2.33. The highest BCUT2D eigenvalue weighted by Gasteiger charge is 2.29. The molecule has 3 rings (SSSR count). The quantitative estimate of drug-likeness (QED) is 0.773. The zero-order valence-electron chi connectivity index (χ0n) is 16.4. The van der Waals surface area contributed by atoms with Gasteiger partial charge in [0, 0.05) is 26.2 Å². The van der Waals surface area contributed by atoms with Gasteiger partial charge in [0.1, 0.15) is 11.6 Å². The highest BCUT2D eigenvalue weighted by atomic mass is 32.2. The molecule has 0 atom stereocenters. The van der Waals surface area contributed by atoms with Gasteiger partial charge in [0.2, 0.25) is 15.9 Å². The zero-order chi connectivity index (χ0) is 21.0. The van der Waals surface area contributed by atoms with Crippen LogP contribution in [0.1, 0.15) is 5.56 Å². The lowest BCUT2D eigenvalue weighted by atomic mass is 10.2. The molecule has 0 bridgehead atoms. The van der Waals surface area contributed by atoms with Crippen LogP contribution in [0.3, 0.4) is 0 Å². The highest BCUT2D eigenvalue weighted by molar-refractivity contribution is 7.89. The number of halogens is 1. The van der Waals surface area contributed by atoms with Gasteiger partial charge >= 0.3 is 0 Å². The summed E-state index contributed by atoms with van der Waals surface area (Å²) in [6.07, 6.45) is 0. The smallest absolute Gasteiger partial charge is 0.243 e. The minimum Gasteiger partial charge on any atom is -0.497 e. The number of benzene rings is 2. The normalized spacial score (nSPS) is 15.8. The number of carbonyl (C=O) groups excluding carboxylic acids is 1. The minimum absolute atomic E-state index is 0.0732. The van der Waals surface area contributed by atoms with Crippen LogP contribution in [0.4, 0.5) is 10.1 Å². The molecule has 1 fully saturated rings. The van der Waals surface area contributed by atoms with E-state index >= 15 is 0 Å². The molecule has 7 nitrogen and oxygen atoms in total. The Kier molecular flexibility index (Phi) is 6.51. The first-order valence-electron chi connectivity index (χ1n) is 9.22. The summed E-state index contributed by atoms with van der Waals surface area (Å²) in [4.78, 5) is 14.3. The van der Waals surface area contributed by atoms with Gasteiger partial charge in [-0.05, 0) is 48.9 Å². The zero-order valence-corrected chi connectivity index (χ0v) is 17.2. The third-order valence-corrected chi connectivity index (χ3v) is 6.71. The molecule has 0 radical (unpaired) electrons. The summed E-state index contributed by atoms with van der Waals surface area (Å²) in [6.45, 7) is 3.23. The Morgan fingerprint density at radius 2 is 1.76 bits per heavy atom. The monoisotopic (exact) mass is 421 g/mol. The Hall–Kier alpha value is -2.49. The average Bonchev–Trinajstić information content (AvgIpc) is 2.70. The fraction of sp³-hybridized carbons (Fsp3) is 0.350. The third-order valence-electron chi connectivity index (χ3n) is 4.79. The summed E-state index contributed by atoms with van der Waals surface area (Å²) in [5.41, 5.74) is 0.913. The number of aryl methyl sites for hydroxylation is 1. The summed E-state index contributed by atoms with van der Waals surface area (Å²) >= 11 is 0. The number of nitrogens with zero attached hydrogens (tertiary/aromatic N) is 2. The fourth-order valence-corrected chi connectivity index (χ4v) is 4.56. The molecule has 1 aliphatic heterocycles. The molecule has 29 heavy (non-hydrogen) atoms. The van der Waals surface area contributed by atoms with E-state index < -0.39 is 15.8 Å². The van der Waals surface area contributed by atoms with Crippen molar-refractivity contribution in [1.82, 2.24) is 9.21 Å². The molecule has 2 aromatic rings. The molecule has 1 saturated heterocycles. The van der Waals surface area contributed by atoms with Crippen LogP contribution in [-0.2, 0) is 14.8 Å². The lowest BCUT2D eigenvalue weighted by molar-refractivity contribution is -0.117. The van der Waals surface area contributed by atoms with Crippen LogP contribution in [0, 0.1) is 12.7 Å². The maximum Gasteiger partial charge on any atom is 0.243 e. The third kappa shape index (κ3) is 5.11. The van der Waals surface area contributed by atoms with Gasteiger partial charge in [-0.15, -0.1) is 0 Å². The molecule has 0 saturated carbocycles. The average molecular weight is 421 g/mol. The largest absolute Gasteiger partial charge is 0.497 e. The molecule has 1 N–H and O–H groups in total. The van der Waals surface area contributed by atoms with Gasteiger partial charge in [-0.2, -0.15) is 4.31 Å². The van der Waals surface area contributed by atoms with E-state index in [2.05, 4.69) is 5.32 Å². The van der Waals surface area contributed by atoms with E-state index in [4.69, 9.17) is 4.74 Å². The first-order valence-corrected chi connectivity index (χ1v) is 10.7. The van der Waals surface area contributed by atoms with Gasteiger partial charge in [0.15, 0.2) is 0 Å². The number of piperazine rings is 1. The Bertz CT molecular complexity index is 972. The molecule has 0 aromatic heterocycles. The van der Waals surface area contributed by atoms with Crippen molar-refractivity contribution in [3.05, 3.63) is 53.8 Å². The summed E-state index contributed by atoms with van der Waals surface area (Å²) in [5.74, 6) is -0.224. The maximum atomic E-state index is 13.9. The van der Waals surface area contributed by atoms with E-state index in [1.54, 1.807) is 25.1 Å². The van der Waals surface area contributed by atoms with Crippen molar-refractivity contribution >= 4 is 21.6 Å². The summed E-state index contributed by atoms with van der Waals surface area (Å²) in [5, 5.41) is 2.56. The van der Waals surface area contributed by atoms with E-state index in [9.17, 15) is 17.6 Å². The summed E-state index contributed by atoms with van der Waals surface area (Å²) in [7, 11) is -2.08. The number of ether oxygens (including phenoxy) is 1. The van der Waals surface area contributed by atoms with Crippen molar-refractivity contribution in [3.63, 3.8) is 0 Å². The molecule has 0 unspecified atom stereocenters. The van der Waals surface area contributed by atoms with Crippen LogP contribution >= 0.6 is 0 Å². The Morgan fingerprint density at radius 3 is 2.34 bits per heavy atom. The fourth-order valence-electron chi connectivity index (χ4n) is 3.14. The number of methoxy groups -OCH3 is 1. The second-order valence-corrected chi connectivity index (χ2v) is 8.83. The van der Waals surface area contributed by atoms with Gasteiger partial charge in [-0.25, -0.2) is 12.8 Å². The predicted octanol–water partition coefficient (Wildman–Crippen LogP) is 2.09. The molecule has 9 heteroatoms. The van der Waals surface area contributed by atoms with Crippen LogP contribution in [0.2, 0.25) is 0 Å². The van der Waals surface area contributed by atoms with Gasteiger partial charge in [-0.1, -0.05) is 6.07 Å². The molecular weight excluding hydrogens is 397 g/mol. The predicted molar refractivity (Wildman–Crippen MR) is 108 cm³/mol. The van der Waals surface area contributed by atoms with Crippen LogP contribution < -0.4 is 10.1 Å². The van der Waals surface area contributed by atoms with Gasteiger partial charge in [0.05, 0.1) is 24.2 Å². The van der Waals surface area contributed by atoms with Crippen molar-refractivity contribution in [1.29, 1.82) is 0 Å². The van der Waals surface area contributed by atoms with E-state index in [-0.39, 0.29) is 36.1 Å². The number of anilines is 1. The van der Waals surface area contributed by atoms with E-state index in [1.165, 1.54) is 35.7 Å². The van der Waals surface area contributed by atoms with Gasteiger partial charge in [-0.3, -0.25) is 9.69 Å². The number of rotatable bonds is 6. The number of amides is 1. The van der Waals surface area contributed by atoms with Crippen LogP contribution in [-0.4, -0.2) is 63.4 Å². The molecule has 156 valence electrons. The highest BCUT2D eigenvalue weighted by Crippen LogP contribution is 2.21. The molecule has 1 heterocycles.